The predicted octanol–water partition coefficient (Wildman–Crippen LogP) is 3.03. The van der Waals surface area contributed by atoms with E-state index in [2.05, 4.69) is 17.4 Å². The first-order valence-corrected chi connectivity index (χ1v) is 11.6. The fourth-order valence-corrected chi connectivity index (χ4v) is 4.64. The van der Waals surface area contributed by atoms with Crippen LogP contribution >= 0.6 is 0 Å². The Balaban J connectivity index is 1.19. The largest absolute Gasteiger partial charge is 0.356 e. The second-order valence-electron chi connectivity index (χ2n) is 8.72. The van der Waals surface area contributed by atoms with E-state index >= 15 is 0 Å². The number of aryl methyl sites for hydroxylation is 1. The van der Waals surface area contributed by atoms with Gasteiger partial charge in [0.1, 0.15) is 0 Å². The summed E-state index contributed by atoms with van der Waals surface area (Å²) in [6.45, 7) is 2.27. The van der Waals surface area contributed by atoms with Crippen LogP contribution in [-0.2, 0) is 20.8 Å². The van der Waals surface area contributed by atoms with E-state index in [1.165, 1.54) is 5.56 Å². The molecule has 1 atom stereocenters. The van der Waals surface area contributed by atoms with Gasteiger partial charge in [0.15, 0.2) is 0 Å². The summed E-state index contributed by atoms with van der Waals surface area (Å²) in [5, 5.41) is 3.06. The molecule has 6 heteroatoms. The minimum atomic E-state index is -0.300. The van der Waals surface area contributed by atoms with Gasteiger partial charge in [-0.2, -0.15) is 0 Å². The lowest BCUT2D eigenvalue weighted by atomic mass is 9.94. The molecule has 0 spiro atoms. The summed E-state index contributed by atoms with van der Waals surface area (Å²) in [4.78, 5) is 41.5. The number of likely N-dealkylation sites (tertiary alicyclic amines) is 1. The number of benzene rings is 2. The lowest BCUT2D eigenvalue weighted by Gasteiger charge is -2.33. The molecule has 0 radical (unpaired) electrons. The molecule has 2 saturated heterocycles. The number of piperidine rings is 1. The number of carbonyl (C=O) groups excluding carboxylic acids is 3. The van der Waals surface area contributed by atoms with Crippen molar-refractivity contribution in [3.05, 3.63) is 66.2 Å². The van der Waals surface area contributed by atoms with Gasteiger partial charge in [0.25, 0.3) is 0 Å². The number of rotatable bonds is 7. The van der Waals surface area contributed by atoms with Gasteiger partial charge in [-0.25, -0.2) is 0 Å². The van der Waals surface area contributed by atoms with Crippen molar-refractivity contribution in [1.82, 2.24) is 10.2 Å². The zero-order valence-electron chi connectivity index (χ0n) is 18.4. The van der Waals surface area contributed by atoms with Gasteiger partial charge in [0.05, 0.1) is 5.92 Å². The summed E-state index contributed by atoms with van der Waals surface area (Å²) in [5.41, 5.74) is 2.13. The van der Waals surface area contributed by atoms with Crippen LogP contribution in [0.2, 0.25) is 0 Å². The van der Waals surface area contributed by atoms with E-state index in [9.17, 15) is 14.4 Å². The third-order valence-corrected chi connectivity index (χ3v) is 6.50. The number of para-hydroxylation sites is 1. The van der Waals surface area contributed by atoms with Gasteiger partial charge in [-0.3, -0.25) is 14.4 Å². The Morgan fingerprint density at radius 3 is 2.25 bits per heavy atom. The smallest absolute Gasteiger partial charge is 0.228 e. The molecule has 0 bridgehead atoms. The first-order valence-electron chi connectivity index (χ1n) is 11.6. The fraction of sp³-hybridized carbons (Fsp3) is 0.423. The number of nitrogens with one attached hydrogen (secondary N) is 1. The van der Waals surface area contributed by atoms with E-state index in [0.29, 0.717) is 39.0 Å². The lowest BCUT2D eigenvalue weighted by molar-refractivity contribution is -0.139. The SMILES string of the molecule is O=C(NCCCc1ccccc1)C1CCN(C(=O)[C@H]2CC(=O)N(c3ccccc3)C2)CC1. The highest BCUT2D eigenvalue weighted by molar-refractivity contribution is 6.00. The molecule has 6 nitrogen and oxygen atoms in total. The van der Waals surface area contributed by atoms with Crippen molar-refractivity contribution in [2.75, 3.05) is 31.1 Å². The molecule has 0 saturated carbocycles. The molecule has 2 heterocycles. The summed E-state index contributed by atoms with van der Waals surface area (Å²) >= 11 is 0. The van der Waals surface area contributed by atoms with Gasteiger partial charge in [-0.1, -0.05) is 48.5 Å². The molecular weight excluding hydrogens is 402 g/mol. The van der Waals surface area contributed by atoms with E-state index in [4.69, 9.17) is 0 Å². The molecule has 32 heavy (non-hydrogen) atoms. The standard InChI is InChI=1S/C26H31N3O3/c30-24-18-22(19-29(24)23-11-5-2-6-12-23)26(32)28-16-13-21(14-17-28)25(31)27-15-7-10-20-8-3-1-4-9-20/h1-6,8-9,11-12,21-22H,7,10,13-19H2,(H,27,31)/t22-/m0/s1. The maximum absolute atomic E-state index is 13.0. The maximum Gasteiger partial charge on any atom is 0.228 e. The highest BCUT2D eigenvalue weighted by Gasteiger charge is 2.38. The molecule has 2 fully saturated rings. The molecule has 1 N–H and O–H groups in total. The number of amides is 3. The Hall–Kier alpha value is -3.15. The Morgan fingerprint density at radius 1 is 0.906 bits per heavy atom. The van der Waals surface area contributed by atoms with Crippen LogP contribution in [0, 0.1) is 11.8 Å². The summed E-state index contributed by atoms with van der Waals surface area (Å²) < 4.78 is 0. The molecule has 0 aliphatic carbocycles. The minimum Gasteiger partial charge on any atom is -0.356 e. The lowest BCUT2D eigenvalue weighted by Crippen LogP contribution is -2.45. The van der Waals surface area contributed by atoms with Crippen LogP contribution in [0.1, 0.15) is 31.2 Å². The highest BCUT2D eigenvalue weighted by atomic mass is 16.2. The summed E-state index contributed by atoms with van der Waals surface area (Å²) in [6, 6.07) is 19.8. The van der Waals surface area contributed by atoms with Crippen LogP contribution in [0.15, 0.2) is 60.7 Å². The summed E-state index contributed by atoms with van der Waals surface area (Å²) in [6.07, 6.45) is 3.49. The first-order chi connectivity index (χ1) is 15.6. The average Bonchev–Trinajstić information content (AvgIpc) is 3.24. The Kier molecular flexibility index (Phi) is 7.20. The molecule has 168 valence electrons. The molecule has 4 rings (SSSR count). The maximum atomic E-state index is 13.0. The van der Waals surface area contributed by atoms with Gasteiger partial charge in [0.2, 0.25) is 17.7 Å². The number of anilines is 1. The molecule has 0 aromatic heterocycles. The highest BCUT2D eigenvalue weighted by Crippen LogP contribution is 2.27. The number of hydrogen-bond acceptors (Lipinski definition) is 3. The van der Waals surface area contributed by atoms with Gasteiger partial charge >= 0.3 is 0 Å². The zero-order valence-corrected chi connectivity index (χ0v) is 18.4. The van der Waals surface area contributed by atoms with Gasteiger partial charge in [0, 0.05) is 44.2 Å². The Labute approximate surface area is 189 Å². The van der Waals surface area contributed by atoms with Crippen molar-refractivity contribution in [1.29, 1.82) is 0 Å². The van der Waals surface area contributed by atoms with E-state index in [1.54, 1.807) is 4.90 Å². The Bertz CT molecular complexity index is 924. The number of carbonyl (C=O) groups is 3. The predicted molar refractivity (Wildman–Crippen MR) is 124 cm³/mol. The van der Waals surface area contributed by atoms with Crippen molar-refractivity contribution in [3.8, 4) is 0 Å². The number of nitrogens with zero attached hydrogens (tertiary/aromatic N) is 2. The van der Waals surface area contributed by atoms with Crippen molar-refractivity contribution in [2.45, 2.75) is 32.1 Å². The second-order valence-corrected chi connectivity index (χ2v) is 8.72. The summed E-state index contributed by atoms with van der Waals surface area (Å²) in [5.74, 6) is -0.206. The Morgan fingerprint density at radius 2 is 1.56 bits per heavy atom. The van der Waals surface area contributed by atoms with Crippen LogP contribution < -0.4 is 10.2 Å². The quantitative estimate of drug-likeness (QED) is 0.683. The van der Waals surface area contributed by atoms with Crippen LogP contribution in [0.25, 0.3) is 0 Å². The topological polar surface area (TPSA) is 69.7 Å². The van der Waals surface area contributed by atoms with E-state index in [0.717, 1.165) is 18.5 Å². The zero-order chi connectivity index (χ0) is 22.3. The second kappa shape index (κ2) is 10.4. The fourth-order valence-electron chi connectivity index (χ4n) is 4.64. The molecule has 2 aliphatic rings. The van der Waals surface area contributed by atoms with Crippen molar-refractivity contribution < 1.29 is 14.4 Å². The van der Waals surface area contributed by atoms with Crippen LogP contribution in [0.5, 0.6) is 0 Å². The van der Waals surface area contributed by atoms with Crippen molar-refractivity contribution in [3.63, 3.8) is 0 Å². The molecule has 2 aromatic rings. The number of hydrogen-bond donors (Lipinski definition) is 1. The average molecular weight is 434 g/mol. The summed E-state index contributed by atoms with van der Waals surface area (Å²) in [7, 11) is 0. The molecule has 2 aliphatic heterocycles. The van der Waals surface area contributed by atoms with E-state index < -0.39 is 0 Å². The van der Waals surface area contributed by atoms with Gasteiger partial charge in [-0.15, -0.1) is 0 Å². The van der Waals surface area contributed by atoms with Crippen molar-refractivity contribution >= 4 is 23.4 Å². The monoisotopic (exact) mass is 433 g/mol. The van der Waals surface area contributed by atoms with Crippen LogP contribution in [0.4, 0.5) is 5.69 Å². The van der Waals surface area contributed by atoms with Crippen LogP contribution in [0.3, 0.4) is 0 Å². The van der Waals surface area contributed by atoms with E-state index in [1.807, 2.05) is 53.4 Å². The van der Waals surface area contributed by atoms with Crippen molar-refractivity contribution in [2.24, 2.45) is 11.8 Å². The van der Waals surface area contributed by atoms with E-state index in [-0.39, 0.29) is 36.0 Å². The molecule has 2 aromatic carbocycles. The van der Waals surface area contributed by atoms with Gasteiger partial charge in [-0.05, 0) is 43.4 Å². The molecule has 3 amide bonds. The van der Waals surface area contributed by atoms with Crippen LogP contribution in [-0.4, -0.2) is 48.8 Å². The molecular formula is C26H31N3O3. The van der Waals surface area contributed by atoms with Gasteiger partial charge < -0.3 is 15.1 Å². The normalized spacial score (nSPS) is 19.2. The third-order valence-electron chi connectivity index (χ3n) is 6.50. The minimum absolute atomic E-state index is 0.000633. The third kappa shape index (κ3) is 5.36. The molecule has 0 unspecified atom stereocenters. The first kappa shape index (κ1) is 22.1.